The Balaban J connectivity index is 1.68. The first-order valence-corrected chi connectivity index (χ1v) is 8.04. The van der Waals surface area contributed by atoms with Crippen molar-refractivity contribution in [1.82, 2.24) is 14.8 Å². The van der Waals surface area contributed by atoms with Crippen LogP contribution in [0.4, 0.5) is 0 Å². The van der Waals surface area contributed by atoms with Gasteiger partial charge in [-0.1, -0.05) is 6.08 Å². The standard InChI is InChI=1S/C17H23N3O3/c1-3-9-20-13(2)17(23-12-15(20)21)6-10-19(11-7-17)16(22)14-5-4-8-18-14/h3-5,8,13,18H,1,6-7,9-12H2,2H3. The molecule has 1 aromatic heterocycles. The number of H-pyrrole nitrogens is 1. The van der Waals surface area contributed by atoms with Gasteiger partial charge in [-0.25, -0.2) is 0 Å². The number of piperidine rings is 1. The number of aromatic amines is 1. The number of nitrogens with one attached hydrogen (secondary N) is 1. The van der Waals surface area contributed by atoms with E-state index in [0.717, 1.165) is 12.8 Å². The molecule has 0 saturated carbocycles. The van der Waals surface area contributed by atoms with E-state index in [9.17, 15) is 9.59 Å². The number of nitrogens with zero attached hydrogens (tertiary/aromatic N) is 2. The van der Waals surface area contributed by atoms with Crippen LogP contribution < -0.4 is 0 Å². The summed E-state index contributed by atoms with van der Waals surface area (Å²) in [6.45, 7) is 7.69. The Bertz CT molecular complexity index is 588. The van der Waals surface area contributed by atoms with Crippen LogP contribution in [0.2, 0.25) is 0 Å². The summed E-state index contributed by atoms with van der Waals surface area (Å²) in [5.74, 6) is 0.0280. The number of aromatic nitrogens is 1. The maximum atomic E-state index is 12.4. The summed E-state index contributed by atoms with van der Waals surface area (Å²) >= 11 is 0. The number of amides is 2. The van der Waals surface area contributed by atoms with Gasteiger partial charge in [0, 0.05) is 25.8 Å². The number of hydrogen-bond donors (Lipinski definition) is 1. The van der Waals surface area contributed by atoms with Crippen molar-refractivity contribution in [2.75, 3.05) is 26.2 Å². The molecule has 0 radical (unpaired) electrons. The van der Waals surface area contributed by atoms with Crippen LogP contribution in [0.1, 0.15) is 30.3 Å². The molecule has 1 unspecified atom stereocenters. The summed E-state index contributed by atoms with van der Waals surface area (Å²) in [5, 5.41) is 0. The van der Waals surface area contributed by atoms with E-state index in [1.54, 1.807) is 18.3 Å². The van der Waals surface area contributed by atoms with Gasteiger partial charge in [0.2, 0.25) is 5.91 Å². The summed E-state index contributed by atoms with van der Waals surface area (Å²) in [6.07, 6.45) is 4.98. The zero-order valence-electron chi connectivity index (χ0n) is 13.5. The van der Waals surface area contributed by atoms with Crippen LogP contribution >= 0.6 is 0 Å². The first kappa shape index (κ1) is 15.8. The van der Waals surface area contributed by atoms with E-state index in [4.69, 9.17) is 4.74 Å². The summed E-state index contributed by atoms with van der Waals surface area (Å²) < 4.78 is 5.96. The Hall–Kier alpha value is -2.08. The summed E-state index contributed by atoms with van der Waals surface area (Å²) in [5.41, 5.74) is 0.255. The van der Waals surface area contributed by atoms with Crippen molar-refractivity contribution in [2.45, 2.75) is 31.4 Å². The van der Waals surface area contributed by atoms with Crippen LogP contribution in [0.5, 0.6) is 0 Å². The van der Waals surface area contributed by atoms with Gasteiger partial charge < -0.3 is 19.5 Å². The van der Waals surface area contributed by atoms with Gasteiger partial charge in [0.05, 0.1) is 11.6 Å². The third-order valence-corrected chi connectivity index (χ3v) is 5.08. The third kappa shape index (κ3) is 2.79. The van der Waals surface area contributed by atoms with E-state index in [1.165, 1.54) is 0 Å². The molecule has 1 spiro atoms. The molecule has 0 aliphatic carbocycles. The normalized spacial score (nSPS) is 24.0. The van der Waals surface area contributed by atoms with Crippen molar-refractivity contribution in [2.24, 2.45) is 0 Å². The van der Waals surface area contributed by atoms with Crippen molar-refractivity contribution in [3.63, 3.8) is 0 Å². The van der Waals surface area contributed by atoms with Gasteiger partial charge in [0.25, 0.3) is 5.91 Å². The van der Waals surface area contributed by atoms with Crippen molar-refractivity contribution in [1.29, 1.82) is 0 Å². The van der Waals surface area contributed by atoms with Gasteiger partial charge in [0.15, 0.2) is 0 Å². The van der Waals surface area contributed by atoms with Gasteiger partial charge in [-0.2, -0.15) is 0 Å². The molecule has 3 rings (SSSR count). The molecule has 2 saturated heterocycles. The number of morpholine rings is 1. The fraction of sp³-hybridized carbons (Fsp3) is 0.529. The summed E-state index contributed by atoms with van der Waals surface area (Å²) in [7, 11) is 0. The fourth-order valence-corrected chi connectivity index (χ4v) is 3.59. The highest BCUT2D eigenvalue weighted by Crippen LogP contribution is 2.35. The van der Waals surface area contributed by atoms with Crippen LogP contribution in [0.3, 0.4) is 0 Å². The average Bonchev–Trinajstić information content (AvgIpc) is 3.10. The van der Waals surface area contributed by atoms with Gasteiger partial charge in [-0.05, 0) is 31.9 Å². The quantitative estimate of drug-likeness (QED) is 0.858. The van der Waals surface area contributed by atoms with Crippen molar-refractivity contribution in [3.8, 4) is 0 Å². The molecule has 1 aromatic rings. The molecule has 2 amide bonds. The number of likely N-dealkylation sites (tertiary alicyclic amines) is 1. The first-order chi connectivity index (χ1) is 11.1. The average molecular weight is 317 g/mol. The second-order valence-corrected chi connectivity index (χ2v) is 6.24. The monoisotopic (exact) mass is 317 g/mol. The van der Waals surface area contributed by atoms with Gasteiger partial charge >= 0.3 is 0 Å². The first-order valence-electron chi connectivity index (χ1n) is 8.04. The van der Waals surface area contributed by atoms with Crippen LogP contribution in [-0.2, 0) is 9.53 Å². The Morgan fingerprint density at radius 2 is 2.26 bits per heavy atom. The Kier molecular flexibility index (Phi) is 4.26. The Morgan fingerprint density at radius 1 is 1.52 bits per heavy atom. The summed E-state index contributed by atoms with van der Waals surface area (Å²) in [6, 6.07) is 3.60. The van der Waals surface area contributed by atoms with Crippen LogP contribution in [0, 0.1) is 0 Å². The highest BCUT2D eigenvalue weighted by molar-refractivity contribution is 5.92. The zero-order valence-corrected chi connectivity index (χ0v) is 13.5. The van der Waals surface area contributed by atoms with E-state index >= 15 is 0 Å². The summed E-state index contributed by atoms with van der Waals surface area (Å²) in [4.78, 5) is 31.1. The molecule has 2 aliphatic rings. The van der Waals surface area contributed by atoms with Crippen LogP contribution in [-0.4, -0.2) is 64.5 Å². The minimum atomic E-state index is -0.358. The van der Waals surface area contributed by atoms with Gasteiger partial charge in [-0.15, -0.1) is 6.58 Å². The largest absolute Gasteiger partial charge is 0.363 e. The number of carbonyl (C=O) groups excluding carboxylic acids is 2. The Labute approximate surface area is 136 Å². The minimum Gasteiger partial charge on any atom is -0.363 e. The van der Waals surface area contributed by atoms with Crippen LogP contribution in [0.15, 0.2) is 31.0 Å². The molecule has 0 aromatic carbocycles. The molecule has 6 nitrogen and oxygen atoms in total. The van der Waals surface area contributed by atoms with Gasteiger partial charge in [-0.3, -0.25) is 9.59 Å². The zero-order chi connectivity index (χ0) is 16.4. The lowest BCUT2D eigenvalue weighted by Gasteiger charge is -2.51. The lowest BCUT2D eigenvalue weighted by molar-refractivity contribution is -0.183. The maximum Gasteiger partial charge on any atom is 0.270 e. The predicted molar refractivity (Wildman–Crippen MR) is 86.0 cm³/mol. The molecule has 3 heterocycles. The van der Waals surface area contributed by atoms with Gasteiger partial charge in [0.1, 0.15) is 12.3 Å². The second-order valence-electron chi connectivity index (χ2n) is 6.24. The van der Waals surface area contributed by atoms with Crippen molar-refractivity contribution < 1.29 is 14.3 Å². The molecule has 1 atom stereocenters. The lowest BCUT2D eigenvalue weighted by atomic mass is 9.82. The predicted octanol–water partition coefficient (Wildman–Crippen LogP) is 1.42. The molecular weight excluding hydrogens is 294 g/mol. The SMILES string of the molecule is C=CCN1C(=O)COC2(CCN(C(=O)c3ccc[nH]3)CC2)C1C. The van der Waals surface area contributed by atoms with Crippen molar-refractivity contribution >= 4 is 11.8 Å². The molecule has 6 heteroatoms. The molecule has 0 bridgehead atoms. The van der Waals surface area contributed by atoms with E-state index < -0.39 is 0 Å². The molecule has 124 valence electrons. The molecule has 2 fully saturated rings. The number of carbonyl (C=O) groups is 2. The van der Waals surface area contributed by atoms with E-state index in [-0.39, 0.29) is 30.1 Å². The molecule has 23 heavy (non-hydrogen) atoms. The molecule has 2 aliphatic heterocycles. The smallest absolute Gasteiger partial charge is 0.270 e. The lowest BCUT2D eigenvalue weighted by Crippen LogP contribution is -2.64. The van der Waals surface area contributed by atoms with E-state index in [0.29, 0.717) is 25.3 Å². The topological polar surface area (TPSA) is 65.6 Å². The van der Waals surface area contributed by atoms with E-state index in [1.807, 2.05) is 22.8 Å². The maximum absolute atomic E-state index is 12.4. The third-order valence-electron chi connectivity index (χ3n) is 5.08. The van der Waals surface area contributed by atoms with E-state index in [2.05, 4.69) is 11.6 Å². The molecular formula is C17H23N3O3. The number of rotatable bonds is 3. The minimum absolute atomic E-state index is 0.00733. The highest BCUT2D eigenvalue weighted by atomic mass is 16.5. The fourth-order valence-electron chi connectivity index (χ4n) is 3.59. The van der Waals surface area contributed by atoms with Crippen molar-refractivity contribution in [3.05, 3.63) is 36.7 Å². The van der Waals surface area contributed by atoms with Crippen LogP contribution in [0.25, 0.3) is 0 Å². The molecule has 1 N–H and O–H groups in total. The highest BCUT2D eigenvalue weighted by Gasteiger charge is 2.48. The number of hydrogen-bond acceptors (Lipinski definition) is 3. The number of ether oxygens (including phenoxy) is 1. The Morgan fingerprint density at radius 3 is 2.87 bits per heavy atom. The second kappa shape index (κ2) is 6.20.